The minimum atomic E-state index is 0.191. The topological polar surface area (TPSA) is 57.5 Å². The van der Waals surface area contributed by atoms with Crippen LogP contribution in [0.15, 0.2) is 42.7 Å². The number of anilines is 1. The second kappa shape index (κ2) is 8.67. The summed E-state index contributed by atoms with van der Waals surface area (Å²) in [4.78, 5) is 28.7. The SMILES string of the molecule is Cn1c2c(c3ccccc31)CCN(CCCCN1CCN(c3ncccn3)CC1)C2=O. The normalized spacial score (nSPS) is 17.4. The van der Waals surface area contributed by atoms with Crippen molar-refractivity contribution < 1.29 is 4.79 Å². The highest BCUT2D eigenvalue weighted by Crippen LogP contribution is 2.30. The molecule has 3 aromatic rings. The van der Waals surface area contributed by atoms with Crippen molar-refractivity contribution in [2.75, 3.05) is 50.7 Å². The molecule has 0 aliphatic carbocycles. The van der Waals surface area contributed by atoms with Crippen LogP contribution < -0.4 is 4.90 Å². The largest absolute Gasteiger partial charge is 0.339 e. The number of unbranched alkanes of at least 4 members (excludes halogenated alkanes) is 1. The molecule has 0 bridgehead atoms. The quantitative estimate of drug-likeness (QED) is 0.576. The first-order valence-electron chi connectivity index (χ1n) is 11.3. The predicted octanol–water partition coefficient (Wildman–Crippen LogP) is 2.57. The van der Waals surface area contributed by atoms with Gasteiger partial charge in [-0.1, -0.05) is 18.2 Å². The van der Waals surface area contributed by atoms with E-state index >= 15 is 0 Å². The standard InChI is InChI=1S/C24H30N6O/c1-27-21-8-3-2-7-19(21)20-9-14-29(23(31)22(20)27)13-5-4-12-28-15-17-30(18-16-28)24-25-10-6-11-26-24/h2-3,6-8,10-11H,4-5,9,12-18H2,1H3. The van der Waals surface area contributed by atoms with Gasteiger partial charge in [-0.15, -0.1) is 0 Å². The zero-order valence-electron chi connectivity index (χ0n) is 18.2. The van der Waals surface area contributed by atoms with Gasteiger partial charge in [0.1, 0.15) is 5.69 Å². The Labute approximate surface area is 183 Å². The van der Waals surface area contributed by atoms with E-state index in [9.17, 15) is 4.79 Å². The van der Waals surface area contributed by atoms with Crippen LogP contribution >= 0.6 is 0 Å². The highest BCUT2D eigenvalue weighted by atomic mass is 16.2. The molecule has 7 heteroatoms. The van der Waals surface area contributed by atoms with E-state index in [1.807, 2.05) is 24.1 Å². The molecule has 162 valence electrons. The highest BCUT2D eigenvalue weighted by molar-refractivity contribution is 6.02. The molecule has 0 radical (unpaired) electrons. The van der Waals surface area contributed by atoms with Crippen LogP contribution in [0.2, 0.25) is 0 Å². The zero-order valence-corrected chi connectivity index (χ0v) is 18.2. The van der Waals surface area contributed by atoms with Gasteiger partial charge in [-0.05, 0) is 43.5 Å². The molecule has 2 aliphatic heterocycles. The number of carbonyl (C=O) groups excluding carboxylic acids is 1. The highest BCUT2D eigenvalue weighted by Gasteiger charge is 2.29. The van der Waals surface area contributed by atoms with Crippen LogP contribution in [0, 0.1) is 0 Å². The summed E-state index contributed by atoms with van der Waals surface area (Å²) in [5.74, 6) is 1.02. The van der Waals surface area contributed by atoms with E-state index in [1.54, 1.807) is 12.4 Å². The molecule has 7 nitrogen and oxygen atoms in total. The van der Waals surface area contributed by atoms with Gasteiger partial charge in [0, 0.05) is 69.6 Å². The molecule has 4 heterocycles. The maximum absolute atomic E-state index is 13.2. The number of nitrogens with zero attached hydrogens (tertiary/aromatic N) is 6. The Bertz CT molecular complexity index is 1050. The Hall–Kier alpha value is -2.93. The Morgan fingerprint density at radius 2 is 1.65 bits per heavy atom. The number of carbonyl (C=O) groups is 1. The minimum Gasteiger partial charge on any atom is -0.339 e. The number of aryl methyl sites for hydroxylation is 1. The molecule has 0 atom stereocenters. The molecule has 1 fully saturated rings. The van der Waals surface area contributed by atoms with Crippen molar-refractivity contribution in [3.05, 3.63) is 54.0 Å². The van der Waals surface area contributed by atoms with Crippen LogP contribution in [0.3, 0.4) is 0 Å². The molecule has 1 saturated heterocycles. The smallest absolute Gasteiger partial charge is 0.270 e. The van der Waals surface area contributed by atoms with Crippen molar-refractivity contribution in [3.8, 4) is 0 Å². The third-order valence-electron chi connectivity index (χ3n) is 6.69. The third kappa shape index (κ3) is 3.90. The second-order valence-corrected chi connectivity index (χ2v) is 8.53. The van der Waals surface area contributed by atoms with E-state index in [2.05, 4.69) is 42.5 Å². The van der Waals surface area contributed by atoms with Crippen molar-refractivity contribution in [3.63, 3.8) is 0 Å². The van der Waals surface area contributed by atoms with E-state index in [1.165, 1.54) is 10.9 Å². The van der Waals surface area contributed by atoms with Gasteiger partial charge in [0.15, 0.2) is 0 Å². The van der Waals surface area contributed by atoms with Crippen molar-refractivity contribution in [1.82, 2.24) is 24.3 Å². The first-order valence-corrected chi connectivity index (χ1v) is 11.3. The second-order valence-electron chi connectivity index (χ2n) is 8.53. The van der Waals surface area contributed by atoms with Gasteiger partial charge >= 0.3 is 0 Å². The molecule has 0 spiro atoms. The monoisotopic (exact) mass is 418 g/mol. The summed E-state index contributed by atoms with van der Waals surface area (Å²) in [7, 11) is 2.02. The molecule has 31 heavy (non-hydrogen) atoms. The fraction of sp³-hybridized carbons (Fsp3) is 0.458. The summed E-state index contributed by atoms with van der Waals surface area (Å²) in [5, 5.41) is 1.23. The Kier molecular flexibility index (Phi) is 5.59. The van der Waals surface area contributed by atoms with Crippen LogP contribution in [-0.4, -0.2) is 76.1 Å². The van der Waals surface area contributed by atoms with Crippen LogP contribution in [0.1, 0.15) is 28.9 Å². The molecule has 1 amide bonds. The molecule has 0 N–H and O–H groups in total. The van der Waals surface area contributed by atoms with E-state index in [0.717, 1.165) is 82.2 Å². The van der Waals surface area contributed by atoms with Gasteiger partial charge in [-0.2, -0.15) is 0 Å². The molecule has 1 aromatic carbocycles. The maximum atomic E-state index is 13.2. The Morgan fingerprint density at radius 1 is 0.903 bits per heavy atom. The number of hydrogen-bond donors (Lipinski definition) is 0. The van der Waals surface area contributed by atoms with Gasteiger partial charge < -0.3 is 14.4 Å². The van der Waals surface area contributed by atoms with E-state index < -0.39 is 0 Å². The molecule has 0 saturated carbocycles. The fourth-order valence-corrected chi connectivity index (χ4v) is 4.97. The average Bonchev–Trinajstić information content (AvgIpc) is 3.12. The van der Waals surface area contributed by atoms with E-state index in [0.29, 0.717) is 0 Å². The van der Waals surface area contributed by atoms with E-state index in [4.69, 9.17) is 0 Å². The summed E-state index contributed by atoms with van der Waals surface area (Å²) < 4.78 is 2.08. The summed E-state index contributed by atoms with van der Waals surface area (Å²) >= 11 is 0. The summed E-state index contributed by atoms with van der Waals surface area (Å²) in [5.41, 5.74) is 3.26. The third-order valence-corrected chi connectivity index (χ3v) is 6.69. The fourth-order valence-electron chi connectivity index (χ4n) is 4.97. The molecule has 0 unspecified atom stereocenters. The lowest BCUT2D eigenvalue weighted by Gasteiger charge is -2.34. The van der Waals surface area contributed by atoms with Crippen LogP contribution in [0.5, 0.6) is 0 Å². The van der Waals surface area contributed by atoms with Crippen molar-refractivity contribution in [1.29, 1.82) is 0 Å². The first-order chi connectivity index (χ1) is 15.2. The number of para-hydroxylation sites is 1. The first kappa shape index (κ1) is 20.0. The number of hydrogen-bond acceptors (Lipinski definition) is 5. The number of benzene rings is 1. The summed E-state index contributed by atoms with van der Waals surface area (Å²) in [6.45, 7) is 6.79. The average molecular weight is 419 g/mol. The molecular formula is C24H30N6O. The van der Waals surface area contributed by atoms with Gasteiger partial charge in [-0.25, -0.2) is 9.97 Å². The van der Waals surface area contributed by atoms with Gasteiger partial charge in [0.25, 0.3) is 5.91 Å². The van der Waals surface area contributed by atoms with Gasteiger partial charge in [0.2, 0.25) is 5.95 Å². The van der Waals surface area contributed by atoms with Crippen LogP contribution in [-0.2, 0) is 13.5 Å². The van der Waals surface area contributed by atoms with Crippen molar-refractivity contribution in [2.45, 2.75) is 19.3 Å². The lowest BCUT2D eigenvalue weighted by atomic mass is 10.0. The summed E-state index contributed by atoms with van der Waals surface area (Å²) in [6.07, 6.45) is 6.72. The lowest BCUT2D eigenvalue weighted by molar-refractivity contribution is 0.0725. The van der Waals surface area contributed by atoms with Gasteiger partial charge in [0.05, 0.1) is 0 Å². The number of piperazine rings is 1. The lowest BCUT2D eigenvalue weighted by Crippen LogP contribution is -2.47. The molecule has 2 aromatic heterocycles. The summed E-state index contributed by atoms with van der Waals surface area (Å²) in [6, 6.07) is 10.2. The predicted molar refractivity (Wildman–Crippen MR) is 122 cm³/mol. The zero-order chi connectivity index (χ0) is 21.2. The van der Waals surface area contributed by atoms with Crippen LogP contribution in [0.4, 0.5) is 5.95 Å². The molecule has 2 aliphatic rings. The number of fused-ring (bicyclic) bond motifs is 3. The maximum Gasteiger partial charge on any atom is 0.270 e. The van der Waals surface area contributed by atoms with Crippen molar-refractivity contribution >= 4 is 22.8 Å². The molecule has 5 rings (SSSR count). The molecular weight excluding hydrogens is 388 g/mol. The van der Waals surface area contributed by atoms with Crippen molar-refractivity contribution in [2.24, 2.45) is 7.05 Å². The number of amides is 1. The number of aromatic nitrogens is 3. The van der Waals surface area contributed by atoms with Crippen LogP contribution in [0.25, 0.3) is 10.9 Å². The van der Waals surface area contributed by atoms with E-state index in [-0.39, 0.29) is 5.91 Å². The van der Waals surface area contributed by atoms with Gasteiger partial charge in [-0.3, -0.25) is 9.69 Å². The Balaban J connectivity index is 1.10. The Morgan fingerprint density at radius 3 is 2.45 bits per heavy atom. The minimum absolute atomic E-state index is 0.191. The number of rotatable bonds is 6.